The van der Waals surface area contributed by atoms with Crippen LogP contribution in [0.1, 0.15) is 43.1 Å². The highest BCUT2D eigenvalue weighted by Gasteiger charge is 2.30. The zero-order valence-electron chi connectivity index (χ0n) is 13.6. The molecule has 0 spiro atoms. The molecule has 7 heteroatoms. The Kier molecular flexibility index (Phi) is 4.53. The van der Waals surface area contributed by atoms with Crippen molar-refractivity contribution in [1.29, 1.82) is 0 Å². The quantitative estimate of drug-likeness (QED) is 0.840. The molecule has 0 aliphatic carbocycles. The second kappa shape index (κ2) is 6.94. The molecular weight excluding hydrogens is 309 g/mol. The Hall–Kier alpha value is -1.86. The van der Waals surface area contributed by atoms with Gasteiger partial charge >= 0.3 is 0 Å². The number of aromatic nitrogens is 4. The van der Waals surface area contributed by atoms with Crippen molar-refractivity contribution in [1.82, 2.24) is 25.1 Å². The van der Waals surface area contributed by atoms with Gasteiger partial charge in [0.15, 0.2) is 5.82 Å². The van der Waals surface area contributed by atoms with Gasteiger partial charge in [-0.15, -0.1) is 5.10 Å². The van der Waals surface area contributed by atoms with Crippen LogP contribution in [-0.2, 0) is 11.3 Å². The van der Waals surface area contributed by atoms with Gasteiger partial charge in [-0.1, -0.05) is 12.1 Å². The van der Waals surface area contributed by atoms with Crippen LogP contribution in [0.15, 0.2) is 24.3 Å². The van der Waals surface area contributed by atoms with E-state index in [0.717, 1.165) is 43.9 Å². The number of ether oxygens (including phenoxy) is 1. The van der Waals surface area contributed by atoms with Crippen molar-refractivity contribution in [3.05, 3.63) is 41.5 Å². The maximum absolute atomic E-state index is 13.3. The van der Waals surface area contributed by atoms with E-state index in [9.17, 15) is 4.39 Å². The number of hydrogen-bond acceptors (Lipinski definition) is 5. The second-order valence-electron chi connectivity index (χ2n) is 6.55. The summed E-state index contributed by atoms with van der Waals surface area (Å²) in [6, 6.07) is 6.65. The minimum atomic E-state index is -0.224. The number of hydrogen-bond donors (Lipinski definition) is 0. The molecule has 0 N–H and O–H groups in total. The normalized spacial score (nSPS) is 23.0. The summed E-state index contributed by atoms with van der Waals surface area (Å²) in [6.07, 6.45) is 4.66. The number of nitrogens with zero attached hydrogens (tertiary/aromatic N) is 5. The predicted molar refractivity (Wildman–Crippen MR) is 85.8 cm³/mol. The van der Waals surface area contributed by atoms with Gasteiger partial charge in [0.05, 0.1) is 18.7 Å². The number of halogens is 1. The molecule has 24 heavy (non-hydrogen) atoms. The van der Waals surface area contributed by atoms with Crippen LogP contribution in [0.3, 0.4) is 0 Å². The Morgan fingerprint density at radius 3 is 2.67 bits per heavy atom. The van der Waals surface area contributed by atoms with Crippen molar-refractivity contribution in [2.24, 2.45) is 0 Å². The molecule has 128 valence electrons. The lowest BCUT2D eigenvalue weighted by Crippen LogP contribution is -2.30. The Bertz CT molecular complexity index is 662. The van der Waals surface area contributed by atoms with E-state index >= 15 is 0 Å². The summed E-state index contributed by atoms with van der Waals surface area (Å²) in [5, 5.41) is 12.4. The summed E-state index contributed by atoms with van der Waals surface area (Å²) in [4.78, 5) is 2.38. The maximum Gasteiger partial charge on any atom is 0.173 e. The van der Waals surface area contributed by atoms with Crippen LogP contribution < -0.4 is 0 Å². The Balaban J connectivity index is 1.65. The molecule has 2 fully saturated rings. The van der Waals surface area contributed by atoms with Crippen LogP contribution in [0, 0.1) is 5.82 Å². The molecule has 2 atom stereocenters. The fourth-order valence-electron chi connectivity index (χ4n) is 3.69. The Morgan fingerprint density at radius 1 is 1.17 bits per heavy atom. The third-order valence-electron chi connectivity index (χ3n) is 4.90. The van der Waals surface area contributed by atoms with E-state index in [-0.39, 0.29) is 18.0 Å². The number of rotatable bonds is 5. The highest BCUT2D eigenvalue weighted by atomic mass is 19.1. The minimum Gasteiger partial charge on any atom is -0.376 e. The molecule has 2 aromatic rings. The average Bonchev–Trinajstić information content (AvgIpc) is 3.34. The van der Waals surface area contributed by atoms with Crippen LogP contribution in [0.2, 0.25) is 0 Å². The molecule has 0 saturated carbocycles. The molecule has 2 aliphatic heterocycles. The van der Waals surface area contributed by atoms with Gasteiger partial charge in [0.25, 0.3) is 0 Å². The first-order valence-corrected chi connectivity index (χ1v) is 8.68. The molecule has 0 radical (unpaired) electrons. The third kappa shape index (κ3) is 3.18. The van der Waals surface area contributed by atoms with Crippen molar-refractivity contribution in [2.75, 3.05) is 19.7 Å². The highest BCUT2D eigenvalue weighted by molar-refractivity contribution is 5.25. The molecule has 3 heterocycles. The molecule has 6 nitrogen and oxygen atoms in total. The summed E-state index contributed by atoms with van der Waals surface area (Å²) in [5.74, 6) is 0.594. The topological polar surface area (TPSA) is 56.1 Å². The van der Waals surface area contributed by atoms with E-state index in [1.165, 1.54) is 25.0 Å². The van der Waals surface area contributed by atoms with Gasteiger partial charge in [-0.3, -0.25) is 4.90 Å². The third-order valence-corrected chi connectivity index (χ3v) is 4.90. The van der Waals surface area contributed by atoms with Gasteiger partial charge in [-0.25, -0.2) is 9.07 Å². The molecule has 0 unspecified atom stereocenters. The molecule has 1 aromatic heterocycles. The molecule has 2 saturated heterocycles. The fraction of sp³-hybridized carbons (Fsp3) is 0.588. The van der Waals surface area contributed by atoms with E-state index in [2.05, 4.69) is 20.4 Å². The SMILES string of the molecule is Fc1ccc([C@@H](c2nnnn2C[C@H]2CCCO2)N2CCCC2)cc1. The van der Waals surface area contributed by atoms with Crippen LogP contribution >= 0.6 is 0 Å². The second-order valence-corrected chi connectivity index (χ2v) is 6.55. The molecular formula is C17H22FN5O. The number of tetrazole rings is 1. The average molecular weight is 331 g/mol. The monoisotopic (exact) mass is 331 g/mol. The maximum atomic E-state index is 13.3. The summed E-state index contributed by atoms with van der Waals surface area (Å²) in [7, 11) is 0. The molecule has 2 aliphatic rings. The van der Waals surface area contributed by atoms with Crippen molar-refractivity contribution in [3.8, 4) is 0 Å². The van der Waals surface area contributed by atoms with Gasteiger partial charge in [-0.2, -0.15) is 0 Å². The zero-order valence-corrected chi connectivity index (χ0v) is 13.6. The summed E-state index contributed by atoms with van der Waals surface area (Å²) in [5.41, 5.74) is 1.03. The van der Waals surface area contributed by atoms with E-state index < -0.39 is 0 Å². The number of likely N-dealkylation sites (tertiary alicyclic amines) is 1. The highest BCUT2D eigenvalue weighted by Crippen LogP contribution is 2.30. The lowest BCUT2D eigenvalue weighted by molar-refractivity contribution is 0.0913. The smallest absolute Gasteiger partial charge is 0.173 e. The first kappa shape index (κ1) is 15.7. The van der Waals surface area contributed by atoms with Crippen molar-refractivity contribution >= 4 is 0 Å². The summed E-state index contributed by atoms with van der Waals surface area (Å²) >= 11 is 0. The van der Waals surface area contributed by atoms with Gasteiger partial charge in [0, 0.05) is 6.61 Å². The van der Waals surface area contributed by atoms with Crippen molar-refractivity contribution in [2.45, 2.75) is 44.4 Å². The van der Waals surface area contributed by atoms with Gasteiger partial charge in [0.2, 0.25) is 0 Å². The van der Waals surface area contributed by atoms with Gasteiger partial charge < -0.3 is 4.74 Å². The molecule has 1 aromatic carbocycles. The van der Waals surface area contributed by atoms with Crippen LogP contribution in [0.25, 0.3) is 0 Å². The molecule has 0 amide bonds. The lowest BCUT2D eigenvalue weighted by atomic mass is 10.0. The fourth-order valence-corrected chi connectivity index (χ4v) is 3.69. The Morgan fingerprint density at radius 2 is 1.96 bits per heavy atom. The van der Waals surface area contributed by atoms with Gasteiger partial charge in [0.1, 0.15) is 5.82 Å². The first-order chi connectivity index (χ1) is 11.8. The molecule has 0 bridgehead atoms. The van der Waals surface area contributed by atoms with Crippen LogP contribution in [0.4, 0.5) is 4.39 Å². The number of benzene rings is 1. The summed E-state index contributed by atoms with van der Waals surface area (Å²) < 4.78 is 20.9. The van der Waals surface area contributed by atoms with Crippen LogP contribution in [-0.4, -0.2) is 50.9 Å². The zero-order chi connectivity index (χ0) is 16.4. The minimum absolute atomic E-state index is 0.0375. The Labute approximate surface area is 140 Å². The molecule has 4 rings (SSSR count). The summed E-state index contributed by atoms with van der Waals surface area (Å²) in [6.45, 7) is 3.51. The largest absolute Gasteiger partial charge is 0.376 e. The van der Waals surface area contributed by atoms with E-state index in [1.807, 2.05) is 16.8 Å². The lowest BCUT2D eigenvalue weighted by Gasteiger charge is -2.27. The first-order valence-electron chi connectivity index (χ1n) is 8.68. The van der Waals surface area contributed by atoms with E-state index in [4.69, 9.17) is 4.74 Å². The van der Waals surface area contributed by atoms with E-state index in [0.29, 0.717) is 6.54 Å². The van der Waals surface area contributed by atoms with Gasteiger partial charge in [-0.05, 0) is 66.9 Å². The standard InChI is InChI=1S/C17H22FN5O/c18-14-7-5-13(6-8-14)16(22-9-1-2-10-22)17-19-20-21-23(17)12-15-4-3-11-24-15/h5-8,15-16H,1-4,9-12H2/t15-,16+/m1/s1. The predicted octanol–water partition coefficient (Wildman–Crippen LogP) is 2.18. The van der Waals surface area contributed by atoms with E-state index in [1.54, 1.807) is 0 Å². The van der Waals surface area contributed by atoms with Crippen molar-refractivity contribution in [3.63, 3.8) is 0 Å². The van der Waals surface area contributed by atoms with Crippen molar-refractivity contribution < 1.29 is 9.13 Å². The van der Waals surface area contributed by atoms with Crippen LogP contribution in [0.5, 0.6) is 0 Å².